The number of urea groups is 6. The molecule has 0 aliphatic heterocycles. The molecule has 0 fully saturated rings. The number of primary amides is 1. The van der Waals surface area contributed by atoms with Gasteiger partial charge in [-0.3, -0.25) is 131 Å². The third kappa shape index (κ3) is 81.1. The van der Waals surface area contributed by atoms with E-state index in [2.05, 4.69) is 166 Å². The summed E-state index contributed by atoms with van der Waals surface area (Å²) >= 11 is 8.67. The van der Waals surface area contributed by atoms with Crippen LogP contribution in [0, 0.1) is 63.7 Å². The number of hydrogen-bond acceptors (Lipinski definition) is 35. The first-order chi connectivity index (χ1) is 68.0. The normalized spacial score (nSPS) is 10.4. The number of carbonyl (C=O) groups is 13. The standard InChI is InChI=1S/C17H29N7O4S.C16H27N5O3S.C15H23N5O5S.C13H21N7O3S.C11H15N5O5.C10H16N6O2S.4ClH.Na/c1-12-11-13(25)23-15(22-12)24-16(26)20-7-4-2-3-5-8-21-17(27)28-9-6-10-29-14(18)19;1-12-11-14(23)19-15(18-12)20-16(24)17-7-5-8-21(3,4)9-6-10-25-13(2)22;1-9-6-12(22)19-14(18-9)20-15(25)17-5-3-2-4-16-11(21)7-10(8-26)13(23)24;1-8-6-9(21)19-12(18-8)20-13(23)17-5-3-2-4-16-10(22)7-24-11(14)15;1-5-4-8(18)15-10(13-5)16-11(21)14-6(9(19)20)2-3-7(12)17;1-6-5-7(17)15-9(14-6)16-10(18)13-3-2-4-19-8(11)12;;;;;/h11H,2-10H2,1H3,(H3,18,19)(H,21,27)(H3,20,22,23,24,25,26);11H,5-10H2,1-4H3,(H2-,17,18,19,20,23,24);6,10,26H,2-5,7-8H2,1H3,(H,16,21)(H,23,24)(H3,17,18,19,20,22,25);6H,2-5,7H2,1H3,(H3,14,15)(H,16,22)(H3,17,18,19,20,21,23);4,6H,2-3H2,1H3,(H2,12,17)(H,19,20)(H3,13,14,15,16,18,21);5H,2-4H2,1H3,(H3,11,12)(H3,13,14,15,16,17,18);4*1H;/q;;;;;;;;;;+1/p-1/t;;;;6-;;;;;;/m....1....../s1. The van der Waals surface area contributed by atoms with Crippen molar-refractivity contribution in [2.45, 2.75) is 151 Å². The number of aryl methyl sites for hydroxylation is 6. The maximum Gasteiger partial charge on any atom is 1.00 e. The third-order valence-electron chi connectivity index (χ3n) is 17.4. The SMILES string of the molecule is CC(=O)SCCC[N+](C)(C)CCCNC(=O)Nc1nc(C)cc(=O)[nH]1.Cc1cc(=O)[nH]c(NC(=O)NCCCCCCNC(=O)OCCCSC(=N)N)n1.Cc1cc(=O)[nH]c(NC(=O)NCCCCNC(=O)CC(CS)C(=O)O)n1.Cc1cc(=O)[nH]c(NC(=O)NCCCCNC(=O)CSC(=N)N)n1.Cc1cc(=O)[nH]c(NC(=O)NCCCSC(=N)N)n1.Cc1cc(=O)[nH]c(NC(=O)N[C@H](CCC(N)=O)C(=O)[O-])n1.Cl.Cl.Cl.[Cl-].[Na+]. The summed E-state index contributed by atoms with van der Waals surface area (Å²) in [6.07, 6.45) is 8.18. The Bertz CT molecular complexity index is 5590. The molecule has 0 bridgehead atoms. The van der Waals surface area contributed by atoms with Crippen LogP contribution in [-0.2, 0) is 33.5 Å². The van der Waals surface area contributed by atoms with E-state index >= 15 is 0 Å². The third-order valence-corrected chi connectivity index (χ3v) is 21.1. The fourth-order valence-electron chi connectivity index (χ4n) is 10.9. The Balaban J connectivity index is -0.000000555. The summed E-state index contributed by atoms with van der Waals surface area (Å²) in [4.78, 5) is 253. The molecule has 6 aromatic rings. The largest absolute Gasteiger partial charge is 1.00 e. The Morgan fingerprint density at radius 3 is 1.02 bits per heavy atom. The number of thioether (sulfide) groups is 4. The molecule has 0 aliphatic rings. The summed E-state index contributed by atoms with van der Waals surface area (Å²) in [5.74, 6) is -1.87. The van der Waals surface area contributed by atoms with Crippen molar-refractivity contribution in [3.63, 3.8) is 0 Å². The molecule has 33 N–H and O–H groups in total. The van der Waals surface area contributed by atoms with E-state index in [1.807, 2.05) is 0 Å². The first kappa shape index (κ1) is 145. The fourth-order valence-corrected chi connectivity index (χ4v) is 13.2. The second-order valence-corrected chi connectivity index (χ2v) is 35.9. The summed E-state index contributed by atoms with van der Waals surface area (Å²) in [6.45, 7) is 17.3. The average Bonchev–Trinajstić information content (AvgIpc) is 0.870. The number of aliphatic carboxylic acids is 2. The topological polar surface area (TPSA) is 905 Å². The Hall–Kier alpha value is -12.5. The van der Waals surface area contributed by atoms with Crippen molar-refractivity contribution in [3.8, 4) is 0 Å². The van der Waals surface area contributed by atoms with Crippen molar-refractivity contribution in [2.24, 2.45) is 28.9 Å². The van der Waals surface area contributed by atoms with Gasteiger partial charge in [-0.2, -0.15) is 12.6 Å². The van der Waals surface area contributed by atoms with Crippen LogP contribution < -0.4 is 183 Å². The predicted octanol–water partition coefficient (Wildman–Crippen LogP) is -4.25. The number of nitrogens with two attached hydrogens (primary N) is 4. The molecule has 57 nitrogen and oxygen atoms in total. The summed E-state index contributed by atoms with van der Waals surface area (Å²) in [7, 11) is 4.28. The number of aromatic amines is 6. The number of ether oxygens (including phenoxy) is 1. The van der Waals surface area contributed by atoms with E-state index in [4.69, 9.17) is 49.0 Å². The minimum atomic E-state index is -1.56. The summed E-state index contributed by atoms with van der Waals surface area (Å²) in [5, 5.41) is 78.7. The molecule has 67 heteroatoms. The van der Waals surface area contributed by atoms with Crippen LogP contribution in [0.25, 0.3) is 0 Å². The number of carboxylic acids is 2. The van der Waals surface area contributed by atoms with Crippen LogP contribution in [0.5, 0.6) is 0 Å². The molecule has 16 amide bonds. The van der Waals surface area contributed by atoms with Gasteiger partial charge in [0.05, 0.1) is 57.5 Å². The van der Waals surface area contributed by atoms with Crippen molar-refractivity contribution in [1.29, 1.82) is 16.2 Å². The van der Waals surface area contributed by atoms with Gasteiger partial charge in [0, 0.05) is 179 Å². The Labute approximate surface area is 925 Å². The van der Waals surface area contributed by atoms with Crippen LogP contribution in [0.3, 0.4) is 0 Å². The van der Waals surface area contributed by atoms with E-state index < -0.39 is 77.6 Å². The Morgan fingerprint density at radius 2 is 0.711 bits per heavy atom. The van der Waals surface area contributed by atoms with Gasteiger partial charge in [0.15, 0.2) is 20.6 Å². The monoisotopic (exact) mass is 2280 g/mol. The van der Waals surface area contributed by atoms with E-state index in [0.717, 1.165) is 73.6 Å². The van der Waals surface area contributed by atoms with Gasteiger partial charge >= 0.3 is 77.8 Å². The number of rotatable bonds is 50. The number of alkyl carbamates (subject to hydrolysis) is 1. The molecular formula is C82H134Cl4N35NaO22S5. The number of thiol groups is 1. The molecule has 0 spiro atoms. The number of carbonyl (C=O) groups excluding carboxylic acids is 12. The molecule has 0 saturated heterocycles. The number of nitrogens with zero attached hydrogens (tertiary/aromatic N) is 7. The number of quaternary nitrogens is 1. The first-order valence-electron chi connectivity index (χ1n) is 44.4. The first-order valence-corrected chi connectivity index (χ1v) is 49.0. The number of aromatic nitrogens is 12. The molecule has 0 saturated carbocycles. The zero-order valence-electron chi connectivity index (χ0n) is 83.7. The molecule has 0 aliphatic carbocycles. The predicted molar refractivity (Wildman–Crippen MR) is 572 cm³/mol. The van der Waals surface area contributed by atoms with Crippen LogP contribution >= 0.6 is 96.9 Å². The van der Waals surface area contributed by atoms with Crippen molar-refractivity contribution < 1.29 is 124 Å². The number of anilines is 6. The summed E-state index contributed by atoms with van der Waals surface area (Å²) in [6, 6.07) is 3.36. The maximum atomic E-state index is 11.8. The van der Waals surface area contributed by atoms with Crippen LogP contribution in [0.1, 0.15) is 137 Å². The molecule has 1 unspecified atom stereocenters. The zero-order valence-corrected chi connectivity index (χ0v) is 93.0. The van der Waals surface area contributed by atoms with Crippen LogP contribution in [0.2, 0.25) is 0 Å². The molecule has 2 atom stereocenters. The number of amidine groups is 3. The second-order valence-electron chi connectivity index (χ2n) is 31.0. The van der Waals surface area contributed by atoms with Crippen molar-refractivity contribution >= 4 is 225 Å². The molecule has 6 aromatic heterocycles. The number of nitrogens with one attached hydrogen (secondary N) is 24. The minimum Gasteiger partial charge on any atom is -1.00 e. The molecule has 0 aromatic carbocycles. The van der Waals surface area contributed by atoms with Crippen molar-refractivity contribution in [1.82, 2.24) is 108 Å². The van der Waals surface area contributed by atoms with Gasteiger partial charge in [0.2, 0.25) is 53.4 Å². The number of carboxylic acid groups (broad SMARTS) is 2. The number of H-pyrrole nitrogens is 6. The molecule has 149 heavy (non-hydrogen) atoms. The molecule has 828 valence electrons. The van der Waals surface area contributed by atoms with Gasteiger partial charge < -0.3 is 107 Å². The Morgan fingerprint density at radius 1 is 0.423 bits per heavy atom. The van der Waals surface area contributed by atoms with Gasteiger partial charge in [0.1, 0.15) is 0 Å². The van der Waals surface area contributed by atoms with Gasteiger partial charge in [0.25, 0.3) is 33.4 Å². The fraction of sp³-hybridized carbons (Fsp3) is 0.512. The number of halogens is 4. The second kappa shape index (κ2) is 84.3. The van der Waals surface area contributed by atoms with Gasteiger partial charge in [-0.25, -0.2) is 63.5 Å². The van der Waals surface area contributed by atoms with Gasteiger partial charge in [-0.05, 0) is 99.3 Å². The van der Waals surface area contributed by atoms with E-state index in [0.29, 0.717) is 143 Å². The van der Waals surface area contributed by atoms with Crippen LogP contribution in [-0.4, -0.2) is 283 Å². The minimum absolute atomic E-state index is 0. The smallest absolute Gasteiger partial charge is 1.00 e. The number of unbranched alkanes of at least 4 members (excludes halogenated alkanes) is 5. The van der Waals surface area contributed by atoms with Crippen molar-refractivity contribution in [3.05, 3.63) is 133 Å². The quantitative estimate of drug-likeness (QED) is 0.00429. The van der Waals surface area contributed by atoms with Crippen LogP contribution in [0.4, 0.5) is 69.3 Å². The molecular weight excluding hydrogens is 2150 g/mol. The van der Waals surface area contributed by atoms with Gasteiger partial charge in [-0.15, -0.1) is 37.2 Å². The van der Waals surface area contributed by atoms with E-state index in [1.54, 1.807) is 48.5 Å². The van der Waals surface area contributed by atoms with E-state index in [9.17, 15) is 96.2 Å². The van der Waals surface area contributed by atoms with Gasteiger partial charge in [-0.1, -0.05) is 59.9 Å². The Kier molecular flexibility index (Phi) is 82.0. The zero-order chi connectivity index (χ0) is 108. The molecule has 6 rings (SSSR count). The summed E-state index contributed by atoms with van der Waals surface area (Å²) < 4.78 is 5.84. The number of amides is 16. The van der Waals surface area contributed by atoms with E-state index in [-0.39, 0.29) is 206 Å². The molecule has 0 radical (unpaired) electrons. The van der Waals surface area contributed by atoms with E-state index in [1.165, 1.54) is 71.7 Å². The summed E-state index contributed by atoms with van der Waals surface area (Å²) in [5.41, 5.74) is 21.3. The van der Waals surface area contributed by atoms with Crippen molar-refractivity contribution in [2.75, 3.05) is 147 Å². The number of hydrogen-bond donors (Lipinski definition) is 30. The molecule has 6 heterocycles. The maximum absolute atomic E-state index is 11.8. The average molecular weight is 2290 g/mol. The van der Waals surface area contributed by atoms with Crippen LogP contribution in [0.15, 0.2) is 65.2 Å².